The Balaban J connectivity index is 1.45. The van der Waals surface area contributed by atoms with Crippen LogP contribution in [-0.4, -0.2) is 49.5 Å². The summed E-state index contributed by atoms with van der Waals surface area (Å²) in [6.07, 6.45) is 2.02. The monoisotopic (exact) mass is 410 g/mol. The van der Waals surface area contributed by atoms with Crippen molar-refractivity contribution >= 4 is 11.9 Å². The summed E-state index contributed by atoms with van der Waals surface area (Å²) in [6, 6.07) is 17.1. The molecule has 1 fully saturated rings. The Bertz CT molecular complexity index is 840. The van der Waals surface area contributed by atoms with E-state index in [0.717, 1.165) is 26.1 Å². The lowest BCUT2D eigenvalue weighted by Gasteiger charge is -2.16. The van der Waals surface area contributed by atoms with Gasteiger partial charge < -0.3 is 15.5 Å². The Labute approximate surface area is 178 Å². The standard InChI is InChI=1S/C24H31FN4O/c1-2-26-24(27-14-12-21-10-6-7-11-22(21)25)28-17-20-16-23(30)29(18-20)15-13-19-8-4-3-5-9-19/h3-11,20H,2,12-18H2,1H3,(H2,26,27,28). The fraction of sp³-hybridized carbons (Fsp3) is 0.417. The minimum atomic E-state index is -0.179. The Hall–Kier alpha value is -2.89. The number of benzene rings is 2. The van der Waals surface area contributed by atoms with Gasteiger partial charge >= 0.3 is 0 Å². The van der Waals surface area contributed by atoms with Crippen LogP contribution in [0.5, 0.6) is 0 Å². The summed E-state index contributed by atoms with van der Waals surface area (Å²) in [7, 11) is 0. The molecule has 2 N–H and O–H groups in total. The summed E-state index contributed by atoms with van der Waals surface area (Å²) in [5.41, 5.74) is 1.94. The first-order valence-electron chi connectivity index (χ1n) is 10.7. The topological polar surface area (TPSA) is 56.7 Å². The highest BCUT2D eigenvalue weighted by molar-refractivity contribution is 5.80. The number of amides is 1. The smallest absolute Gasteiger partial charge is 0.223 e. The molecule has 0 spiro atoms. The third kappa shape index (κ3) is 6.58. The lowest BCUT2D eigenvalue weighted by molar-refractivity contribution is -0.127. The Morgan fingerprint density at radius 3 is 2.63 bits per heavy atom. The molecular formula is C24H31FN4O. The Morgan fingerprint density at radius 2 is 1.87 bits per heavy atom. The average Bonchev–Trinajstić information content (AvgIpc) is 3.12. The van der Waals surface area contributed by atoms with Crippen molar-refractivity contribution < 1.29 is 9.18 Å². The molecule has 1 aliphatic rings. The predicted octanol–water partition coefficient (Wildman–Crippen LogP) is 3.01. The molecule has 1 heterocycles. The van der Waals surface area contributed by atoms with E-state index < -0.39 is 0 Å². The van der Waals surface area contributed by atoms with Crippen LogP contribution in [0.3, 0.4) is 0 Å². The van der Waals surface area contributed by atoms with Crippen LogP contribution in [-0.2, 0) is 17.6 Å². The molecule has 160 valence electrons. The second-order valence-electron chi connectivity index (χ2n) is 7.63. The van der Waals surface area contributed by atoms with E-state index in [2.05, 4.69) is 27.8 Å². The molecule has 30 heavy (non-hydrogen) atoms. The van der Waals surface area contributed by atoms with Gasteiger partial charge in [-0.2, -0.15) is 0 Å². The Morgan fingerprint density at radius 1 is 1.10 bits per heavy atom. The highest BCUT2D eigenvalue weighted by Crippen LogP contribution is 2.18. The SMILES string of the molecule is CCNC(=NCC1CC(=O)N(CCc2ccccc2)C1)NCCc1ccccc1F. The summed E-state index contributed by atoms with van der Waals surface area (Å²) >= 11 is 0. The van der Waals surface area contributed by atoms with Crippen molar-refractivity contribution in [1.29, 1.82) is 0 Å². The average molecular weight is 411 g/mol. The van der Waals surface area contributed by atoms with Gasteiger partial charge in [-0.1, -0.05) is 48.5 Å². The normalized spacial score (nSPS) is 16.7. The zero-order valence-corrected chi connectivity index (χ0v) is 17.6. The van der Waals surface area contributed by atoms with Crippen LogP contribution in [0.2, 0.25) is 0 Å². The van der Waals surface area contributed by atoms with E-state index >= 15 is 0 Å². The first kappa shape index (κ1) is 21.8. The number of nitrogens with zero attached hydrogens (tertiary/aromatic N) is 2. The molecule has 1 amide bonds. The summed E-state index contributed by atoms with van der Waals surface area (Å²) in [5.74, 6) is 0.976. The predicted molar refractivity (Wildman–Crippen MR) is 119 cm³/mol. The fourth-order valence-electron chi connectivity index (χ4n) is 3.68. The van der Waals surface area contributed by atoms with Crippen LogP contribution < -0.4 is 10.6 Å². The second-order valence-corrected chi connectivity index (χ2v) is 7.63. The zero-order valence-electron chi connectivity index (χ0n) is 17.6. The van der Waals surface area contributed by atoms with Crippen LogP contribution in [0.1, 0.15) is 24.5 Å². The van der Waals surface area contributed by atoms with Crippen LogP contribution in [0.25, 0.3) is 0 Å². The maximum atomic E-state index is 13.7. The number of nitrogens with one attached hydrogen (secondary N) is 2. The minimum absolute atomic E-state index is 0.179. The number of halogens is 1. The van der Waals surface area contributed by atoms with E-state index in [4.69, 9.17) is 0 Å². The summed E-state index contributed by atoms with van der Waals surface area (Å²) in [6.45, 7) is 5.47. The molecule has 0 bridgehead atoms. The molecule has 0 saturated carbocycles. The van der Waals surface area contributed by atoms with Gasteiger partial charge in [0, 0.05) is 45.1 Å². The molecule has 6 heteroatoms. The van der Waals surface area contributed by atoms with Crippen molar-refractivity contribution in [2.24, 2.45) is 10.9 Å². The van der Waals surface area contributed by atoms with Crippen molar-refractivity contribution in [3.05, 3.63) is 71.5 Å². The molecule has 1 aliphatic heterocycles. The third-order valence-corrected chi connectivity index (χ3v) is 5.30. The summed E-state index contributed by atoms with van der Waals surface area (Å²) < 4.78 is 13.7. The molecule has 1 saturated heterocycles. The molecule has 0 aromatic heterocycles. The molecule has 1 atom stereocenters. The number of hydrogen-bond acceptors (Lipinski definition) is 2. The molecule has 3 rings (SSSR count). The highest BCUT2D eigenvalue weighted by atomic mass is 19.1. The van der Waals surface area contributed by atoms with Crippen molar-refractivity contribution in [2.75, 3.05) is 32.7 Å². The van der Waals surface area contributed by atoms with Gasteiger partial charge in [0.15, 0.2) is 5.96 Å². The maximum Gasteiger partial charge on any atom is 0.223 e. The molecule has 1 unspecified atom stereocenters. The third-order valence-electron chi connectivity index (χ3n) is 5.30. The van der Waals surface area contributed by atoms with Gasteiger partial charge in [-0.3, -0.25) is 9.79 Å². The fourth-order valence-corrected chi connectivity index (χ4v) is 3.68. The van der Waals surface area contributed by atoms with E-state index in [-0.39, 0.29) is 17.6 Å². The van der Waals surface area contributed by atoms with Gasteiger partial charge in [0.1, 0.15) is 5.82 Å². The summed E-state index contributed by atoms with van der Waals surface area (Å²) in [5, 5.41) is 6.49. The zero-order chi connectivity index (χ0) is 21.2. The number of likely N-dealkylation sites (tertiary alicyclic amines) is 1. The quantitative estimate of drug-likeness (QED) is 0.494. The lowest BCUT2D eigenvalue weighted by atomic mass is 10.1. The van der Waals surface area contributed by atoms with E-state index in [1.54, 1.807) is 12.1 Å². The van der Waals surface area contributed by atoms with Crippen molar-refractivity contribution in [3.63, 3.8) is 0 Å². The number of rotatable bonds is 9. The molecule has 2 aromatic rings. The number of aliphatic imine (C=N–C) groups is 1. The van der Waals surface area contributed by atoms with E-state index in [1.807, 2.05) is 36.1 Å². The Kier molecular flexibility index (Phi) is 8.24. The lowest BCUT2D eigenvalue weighted by Crippen LogP contribution is -2.38. The first-order chi connectivity index (χ1) is 14.7. The van der Waals surface area contributed by atoms with Crippen molar-refractivity contribution in [1.82, 2.24) is 15.5 Å². The van der Waals surface area contributed by atoms with Crippen LogP contribution in [0, 0.1) is 11.7 Å². The molecule has 5 nitrogen and oxygen atoms in total. The van der Waals surface area contributed by atoms with Crippen LogP contribution >= 0.6 is 0 Å². The second kappa shape index (κ2) is 11.3. The van der Waals surface area contributed by atoms with Crippen molar-refractivity contribution in [3.8, 4) is 0 Å². The maximum absolute atomic E-state index is 13.7. The first-order valence-corrected chi connectivity index (χ1v) is 10.7. The summed E-state index contributed by atoms with van der Waals surface area (Å²) in [4.78, 5) is 19.0. The van der Waals surface area contributed by atoms with Gasteiger partial charge in [-0.25, -0.2) is 4.39 Å². The molecule has 0 aliphatic carbocycles. The molecule has 2 aromatic carbocycles. The van der Waals surface area contributed by atoms with Gasteiger partial charge in [0.05, 0.1) is 0 Å². The number of hydrogen-bond donors (Lipinski definition) is 2. The largest absolute Gasteiger partial charge is 0.357 e. The molecular weight excluding hydrogens is 379 g/mol. The minimum Gasteiger partial charge on any atom is -0.357 e. The van der Waals surface area contributed by atoms with Gasteiger partial charge in [-0.05, 0) is 37.0 Å². The van der Waals surface area contributed by atoms with Crippen LogP contribution in [0.4, 0.5) is 4.39 Å². The van der Waals surface area contributed by atoms with Crippen molar-refractivity contribution in [2.45, 2.75) is 26.2 Å². The number of carbonyl (C=O) groups excluding carboxylic acids is 1. The molecule has 0 radical (unpaired) electrons. The highest BCUT2D eigenvalue weighted by Gasteiger charge is 2.28. The van der Waals surface area contributed by atoms with Gasteiger partial charge in [0.2, 0.25) is 5.91 Å². The van der Waals surface area contributed by atoms with E-state index in [9.17, 15) is 9.18 Å². The van der Waals surface area contributed by atoms with Gasteiger partial charge in [-0.15, -0.1) is 0 Å². The number of guanidine groups is 1. The van der Waals surface area contributed by atoms with Gasteiger partial charge in [0.25, 0.3) is 0 Å². The van der Waals surface area contributed by atoms with E-state index in [0.29, 0.717) is 37.5 Å². The van der Waals surface area contributed by atoms with Crippen LogP contribution in [0.15, 0.2) is 59.6 Å². The van der Waals surface area contributed by atoms with E-state index in [1.165, 1.54) is 11.6 Å². The number of carbonyl (C=O) groups is 1.